The Morgan fingerprint density at radius 3 is 2.04 bits per heavy atom. The molecule has 0 aliphatic heterocycles. The van der Waals surface area contributed by atoms with Crippen LogP contribution in [0.25, 0.3) is 0 Å². The Labute approximate surface area is 162 Å². The number of carbonyl (C=O) groups excluding carboxylic acids is 2. The van der Waals surface area contributed by atoms with E-state index in [1.807, 2.05) is 30.3 Å². The zero-order valence-corrected chi connectivity index (χ0v) is 15.3. The number of para-hydroxylation sites is 1. The average molecular weight is 377 g/mol. The molecule has 3 rings (SSSR count). The monoisotopic (exact) mass is 377 g/mol. The van der Waals surface area contributed by atoms with Gasteiger partial charge in [-0.3, -0.25) is 4.79 Å². The highest BCUT2D eigenvalue weighted by Crippen LogP contribution is 2.22. The van der Waals surface area contributed by atoms with Crippen LogP contribution in [-0.4, -0.2) is 25.6 Å². The second kappa shape index (κ2) is 9.23. The summed E-state index contributed by atoms with van der Waals surface area (Å²) < 4.78 is 15.8. The van der Waals surface area contributed by atoms with Gasteiger partial charge >= 0.3 is 5.97 Å². The number of esters is 1. The molecule has 0 atom stereocenters. The number of ether oxygens (including phenoxy) is 3. The number of nitrogens with one attached hydrogen (secondary N) is 1. The van der Waals surface area contributed by atoms with Gasteiger partial charge in [-0.05, 0) is 60.7 Å². The molecule has 0 bridgehead atoms. The Bertz CT molecular complexity index is 921. The molecule has 3 aromatic rings. The number of methoxy groups -OCH3 is 1. The molecule has 0 unspecified atom stereocenters. The molecule has 0 aliphatic rings. The predicted molar refractivity (Wildman–Crippen MR) is 105 cm³/mol. The topological polar surface area (TPSA) is 73.9 Å². The Morgan fingerprint density at radius 1 is 0.786 bits per heavy atom. The van der Waals surface area contributed by atoms with Crippen LogP contribution in [-0.2, 0) is 9.53 Å². The third kappa shape index (κ3) is 5.35. The highest BCUT2D eigenvalue weighted by Gasteiger charge is 2.07. The fourth-order valence-electron chi connectivity index (χ4n) is 2.38. The van der Waals surface area contributed by atoms with Crippen molar-refractivity contribution in [2.24, 2.45) is 0 Å². The van der Waals surface area contributed by atoms with Crippen molar-refractivity contribution in [3.05, 3.63) is 84.4 Å². The second-order valence-electron chi connectivity index (χ2n) is 5.79. The summed E-state index contributed by atoms with van der Waals surface area (Å²) >= 11 is 0. The van der Waals surface area contributed by atoms with E-state index in [9.17, 15) is 9.59 Å². The molecule has 0 heterocycles. The molecule has 0 saturated carbocycles. The number of rotatable bonds is 7. The Hall–Kier alpha value is -3.80. The number of benzene rings is 3. The summed E-state index contributed by atoms with van der Waals surface area (Å²) in [6, 6.07) is 22.8. The average Bonchev–Trinajstić information content (AvgIpc) is 2.74. The number of hydrogen-bond acceptors (Lipinski definition) is 5. The van der Waals surface area contributed by atoms with Gasteiger partial charge < -0.3 is 19.5 Å². The Balaban J connectivity index is 1.48. The predicted octanol–water partition coefficient (Wildman–Crippen LogP) is 4.28. The highest BCUT2D eigenvalue weighted by atomic mass is 16.5. The van der Waals surface area contributed by atoms with Gasteiger partial charge in [0.25, 0.3) is 5.91 Å². The van der Waals surface area contributed by atoms with Gasteiger partial charge in [0.05, 0.1) is 12.7 Å². The lowest BCUT2D eigenvalue weighted by molar-refractivity contribution is -0.118. The Morgan fingerprint density at radius 2 is 1.39 bits per heavy atom. The quantitative estimate of drug-likeness (QED) is 0.622. The van der Waals surface area contributed by atoms with Crippen molar-refractivity contribution in [1.29, 1.82) is 0 Å². The molecule has 1 N–H and O–H groups in total. The van der Waals surface area contributed by atoms with Crippen LogP contribution in [0.2, 0.25) is 0 Å². The van der Waals surface area contributed by atoms with Crippen LogP contribution in [0.4, 0.5) is 5.69 Å². The third-order valence-corrected chi connectivity index (χ3v) is 3.76. The summed E-state index contributed by atoms with van der Waals surface area (Å²) in [5, 5.41) is 2.75. The number of hydrogen-bond donors (Lipinski definition) is 1. The normalized spacial score (nSPS) is 10.0. The first-order chi connectivity index (χ1) is 13.6. The van der Waals surface area contributed by atoms with Crippen LogP contribution in [0.5, 0.6) is 17.2 Å². The second-order valence-corrected chi connectivity index (χ2v) is 5.79. The summed E-state index contributed by atoms with van der Waals surface area (Å²) in [4.78, 5) is 23.4. The molecule has 6 heteroatoms. The number of amides is 1. The lowest BCUT2D eigenvalue weighted by Gasteiger charge is -2.09. The standard InChI is InChI=1S/C22H19NO5/c1-26-22(25)16-7-11-18(12-8-16)27-15-21(24)23-17-9-13-20(14-10-17)28-19-5-3-2-4-6-19/h2-14H,15H2,1H3,(H,23,24). The molecule has 0 aromatic heterocycles. The van der Waals surface area contributed by atoms with Gasteiger partial charge in [0.15, 0.2) is 6.61 Å². The molecule has 0 spiro atoms. The van der Waals surface area contributed by atoms with Gasteiger partial charge in [-0.1, -0.05) is 18.2 Å². The van der Waals surface area contributed by atoms with Crippen molar-refractivity contribution in [3.63, 3.8) is 0 Å². The van der Waals surface area contributed by atoms with Gasteiger partial charge in [0.1, 0.15) is 17.2 Å². The molecule has 3 aromatic carbocycles. The molecular weight excluding hydrogens is 358 g/mol. The Kier molecular flexibility index (Phi) is 6.25. The van der Waals surface area contributed by atoms with E-state index in [2.05, 4.69) is 10.1 Å². The van der Waals surface area contributed by atoms with E-state index in [1.165, 1.54) is 7.11 Å². The number of anilines is 1. The number of carbonyl (C=O) groups is 2. The van der Waals surface area contributed by atoms with Crippen LogP contribution in [0.1, 0.15) is 10.4 Å². The van der Waals surface area contributed by atoms with Gasteiger partial charge in [-0.25, -0.2) is 4.79 Å². The van der Waals surface area contributed by atoms with E-state index in [0.717, 1.165) is 5.75 Å². The zero-order valence-electron chi connectivity index (χ0n) is 15.3. The molecule has 1 amide bonds. The van der Waals surface area contributed by atoms with E-state index in [0.29, 0.717) is 22.7 Å². The molecule has 6 nitrogen and oxygen atoms in total. The SMILES string of the molecule is COC(=O)c1ccc(OCC(=O)Nc2ccc(Oc3ccccc3)cc2)cc1. The third-order valence-electron chi connectivity index (χ3n) is 3.76. The van der Waals surface area contributed by atoms with Gasteiger partial charge in [0.2, 0.25) is 0 Å². The smallest absolute Gasteiger partial charge is 0.337 e. The van der Waals surface area contributed by atoms with Crippen molar-refractivity contribution in [2.75, 3.05) is 19.0 Å². The summed E-state index contributed by atoms with van der Waals surface area (Å²) in [6.45, 7) is -0.153. The maximum Gasteiger partial charge on any atom is 0.337 e. The van der Waals surface area contributed by atoms with E-state index in [1.54, 1.807) is 48.5 Å². The largest absolute Gasteiger partial charge is 0.484 e. The van der Waals surface area contributed by atoms with Gasteiger partial charge in [-0.2, -0.15) is 0 Å². The van der Waals surface area contributed by atoms with Crippen LogP contribution in [0, 0.1) is 0 Å². The van der Waals surface area contributed by atoms with Crippen molar-refractivity contribution in [1.82, 2.24) is 0 Å². The van der Waals surface area contributed by atoms with Crippen LogP contribution >= 0.6 is 0 Å². The van der Waals surface area contributed by atoms with E-state index < -0.39 is 5.97 Å². The minimum Gasteiger partial charge on any atom is -0.484 e. The molecule has 142 valence electrons. The summed E-state index contributed by atoms with van der Waals surface area (Å²) in [5.41, 5.74) is 1.05. The minimum atomic E-state index is -0.427. The fourth-order valence-corrected chi connectivity index (χ4v) is 2.38. The first-order valence-corrected chi connectivity index (χ1v) is 8.58. The summed E-state index contributed by atoms with van der Waals surface area (Å²) in [7, 11) is 1.32. The summed E-state index contributed by atoms with van der Waals surface area (Å²) in [6.07, 6.45) is 0. The minimum absolute atomic E-state index is 0.153. The lowest BCUT2D eigenvalue weighted by Crippen LogP contribution is -2.20. The first kappa shape index (κ1) is 19.0. The zero-order chi connectivity index (χ0) is 19.8. The van der Waals surface area contributed by atoms with Crippen molar-refractivity contribution >= 4 is 17.6 Å². The van der Waals surface area contributed by atoms with Crippen molar-refractivity contribution in [2.45, 2.75) is 0 Å². The maximum absolute atomic E-state index is 12.0. The first-order valence-electron chi connectivity index (χ1n) is 8.58. The van der Waals surface area contributed by atoms with Crippen LogP contribution in [0.15, 0.2) is 78.9 Å². The van der Waals surface area contributed by atoms with Crippen LogP contribution < -0.4 is 14.8 Å². The van der Waals surface area contributed by atoms with Crippen molar-refractivity contribution < 1.29 is 23.8 Å². The van der Waals surface area contributed by atoms with E-state index >= 15 is 0 Å². The fraction of sp³-hybridized carbons (Fsp3) is 0.0909. The molecule has 0 aliphatic carbocycles. The van der Waals surface area contributed by atoms with Gasteiger partial charge in [-0.15, -0.1) is 0 Å². The molecule has 28 heavy (non-hydrogen) atoms. The maximum atomic E-state index is 12.0. The molecular formula is C22H19NO5. The lowest BCUT2D eigenvalue weighted by atomic mass is 10.2. The summed E-state index contributed by atoms with van der Waals surface area (Å²) in [5.74, 6) is 1.17. The van der Waals surface area contributed by atoms with E-state index in [4.69, 9.17) is 9.47 Å². The highest BCUT2D eigenvalue weighted by molar-refractivity contribution is 5.92. The van der Waals surface area contributed by atoms with Crippen LogP contribution in [0.3, 0.4) is 0 Å². The van der Waals surface area contributed by atoms with E-state index in [-0.39, 0.29) is 12.5 Å². The molecule has 0 fully saturated rings. The molecule has 0 radical (unpaired) electrons. The van der Waals surface area contributed by atoms with Crippen molar-refractivity contribution in [3.8, 4) is 17.2 Å². The van der Waals surface area contributed by atoms with Gasteiger partial charge in [0, 0.05) is 5.69 Å². The molecule has 0 saturated heterocycles.